The first-order valence-corrected chi connectivity index (χ1v) is 7.50. The Morgan fingerprint density at radius 1 is 1.22 bits per heavy atom. The average Bonchev–Trinajstić information content (AvgIpc) is 2.66. The zero-order valence-electron chi connectivity index (χ0n) is 12.2. The quantitative estimate of drug-likeness (QED) is 0.939. The van der Waals surface area contributed by atoms with Gasteiger partial charge in [0, 0.05) is 22.7 Å². The standard InChI is InChI=1S/C17H14ClFN2O2/c18-11-5-6-15-13(9-11)17(12-3-1-2-4-14(12)19)20-10-16(23)21(15)7-8-22/h1-6,9,22H,7-8,10H2. The van der Waals surface area contributed by atoms with E-state index in [0.29, 0.717) is 27.5 Å². The molecule has 0 radical (unpaired) electrons. The van der Waals surface area contributed by atoms with Crippen LogP contribution in [0.4, 0.5) is 10.1 Å². The van der Waals surface area contributed by atoms with E-state index in [4.69, 9.17) is 11.6 Å². The first-order valence-electron chi connectivity index (χ1n) is 7.12. The Kier molecular flexibility index (Phi) is 4.41. The van der Waals surface area contributed by atoms with Crippen LogP contribution in [0.3, 0.4) is 0 Å². The van der Waals surface area contributed by atoms with E-state index in [1.54, 1.807) is 36.4 Å². The van der Waals surface area contributed by atoms with E-state index in [1.807, 2.05) is 0 Å². The highest BCUT2D eigenvalue weighted by Crippen LogP contribution is 2.30. The number of hydrogen-bond acceptors (Lipinski definition) is 3. The minimum Gasteiger partial charge on any atom is -0.395 e. The summed E-state index contributed by atoms with van der Waals surface area (Å²) in [7, 11) is 0. The van der Waals surface area contributed by atoms with Crippen molar-refractivity contribution < 1.29 is 14.3 Å². The van der Waals surface area contributed by atoms with Gasteiger partial charge in [-0.25, -0.2) is 4.39 Å². The molecule has 0 saturated carbocycles. The smallest absolute Gasteiger partial charge is 0.248 e. The molecule has 1 N–H and O–H groups in total. The molecule has 2 aromatic carbocycles. The van der Waals surface area contributed by atoms with Gasteiger partial charge in [0.25, 0.3) is 0 Å². The molecule has 0 aliphatic carbocycles. The van der Waals surface area contributed by atoms with Crippen molar-refractivity contribution in [1.82, 2.24) is 0 Å². The summed E-state index contributed by atoms with van der Waals surface area (Å²) in [4.78, 5) is 18.0. The summed E-state index contributed by atoms with van der Waals surface area (Å²) in [5.74, 6) is -0.672. The molecule has 118 valence electrons. The molecule has 2 aromatic rings. The van der Waals surface area contributed by atoms with Crippen molar-refractivity contribution >= 4 is 28.9 Å². The van der Waals surface area contributed by atoms with Crippen molar-refractivity contribution in [1.29, 1.82) is 0 Å². The molecule has 0 aromatic heterocycles. The van der Waals surface area contributed by atoms with Gasteiger partial charge in [-0.2, -0.15) is 0 Å². The Labute approximate surface area is 137 Å². The number of β-amino-alcohol motifs (C(OH)–C–C–N with tert-alkyl or cyclic N) is 1. The number of halogens is 2. The number of carbonyl (C=O) groups excluding carboxylic acids is 1. The second kappa shape index (κ2) is 6.48. The summed E-state index contributed by atoms with van der Waals surface area (Å²) in [5.41, 5.74) is 1.83. The fourth-order valence-electron chi connectivity index (χ4n) is 2.61. The van der Waals surface area contributed by atoms with Gasteiger partial charge in [-0.15, -0.1) is 0 Å². The number of aliphatic hydroxyl groups is 1. The number of hydrogen-bond donors (Lipinski definition) is 1. The molecule has 0 saturated heterocycles. The van der Waals surface area contributed by atoms with Crippen molar-refractivity contribution in [3.8, 4) is 0 Å². The van der Waals surface area contributed by atoms with Crippen molar-refractivity contribution in [3.63, 3.8) is 0 Å². The third kappa shape index (κ3) is 2.98. The van der Waals surface area contributed by atoms with E-state index >= 15 is 0 Å². The largest absolute Gasteiger partial charge is 0.395 e. The van der Waals surface area contributed by atoms with Gasteiger partial charge >= 0.3 is 0 Å². The van der Waals surface area contributed by atoms with E-state index in [2.05, 4.69) is 4.99 Å². The third-order valence-electron chi connectivity index (χ3n) is 3.63. The van der Waals surface area contributed by atoms with Crippen molar-refractivity contribution in [3.05, 3.63) is 64.4 Å². The van der Waals surface area contributed by atoms with Crippen molar-refractivity contribution in [2.45, 2.75) is 0 Å². The predicted molar refractivity (Wildman–Crippen MR) is 87.8 cm³/mol. The van der Waals surface area contributed by atoms with E-state index in [9.17, 15) is 14.3 Å². The molecular formula is C17H14ClFN2O2. The maximum atomic E-state index is 14.2. The van der Waals surface area contributed by atoms with Gasteiger partial charge < -0.3 is 10.0 Å². The normalized spacial score (nSPS) is 14.3. The van der Waals surface area contributed by atoms with E-state index in [1.165, 1.54) is 11.0 Å². The van der Waals surface area contributed by atoms with Crippen molar-refractivity contribution in [2.24, 2.45) is 4.99 Å². The van der Waals surface area contributed by atoms with Gasteiger partial charge in [-0.3, -0.25) is 9.79 Å². The molecule has 1 amide bonds. The van der Waals surface area contributed by atoms with Crippen LogP contribution in [0.2, 0.25) is 5.02 Å². The first kappa shape index (κ1) is 15.6. The highest BCUT2D eigenvalue weighted by atomic mass is 35.5. The number of fused-ring (bicyclic) bond motifs is 1. The summed E-state index contributed by atoms with van der Waals surface area (Å²) >= 11 is 6.08. The number of benzodiazepines with no additional fused rings is 1. The molecule has 1 aliphatic rings. The number of rotatable bonds is 3. The van der Waals surface area contributed by atoms with Crippen LogP contribution in [0, 0.1) is 5.82 Å². The van der Waals surface area contributed by atoms with Crippen LogP contribution in [0.25, 0.3) is 0 Å². The molecule has 1 heterocycles. The number of carbonyl (C=O) groups is 1. The van der Waals surface area contributed by atoms with Crippen molar-refractivity contribution in [2.75, 3.05) is 24.6 Å². The minimum atomic E-state index is -0.416. The van der Waals surface area contributed by atoms with Crippen LogP contribution in [-0.4, -0.2) is 36.4 Å². The van der Waals surface area contributed by atoms with Gasteiger partial charge in [0.15, 0.2) is 0 Å². The summed E-state index contributed by atoms with van der Waals surface area (Å²) in [6.45, 7) is -0.146. The molecular weight excluding hydrogens is 319 g/mol. The van der Waals surface area contributed by atoms with Crippen LogP contribution in [-0.2, 0) is 4.79 Å². The summed E-state index contributed by atoms with van der Waals surface area (Å²) in [5, 5.41) is 9.68. The van der Waals surface area contributed by atoms with Gasteiger partial charge in [-0.1, -0.05) is 23.7 Å². The topological polar surface area (TPSA) is 52.9 Å². The third-order valence-corrected chi connectivity index (χ3v) is 3.87. The van der Waals surface area contributed by atoms with Crippen LogP contribution in [0.15, 0.2) is 47.5 Å². The number of aliphatic hydroxyl groups excluding tert-OH is 1. The SMILES string of the molecule is O=C1CN=C(c2ccccc2F)c2cc(Cl)ccc2N1CCO. The summed E-state index contributed by atoms with van der Waals surface area (Å²) in [6, 6.07) is 11.3. The fraction of sp³-hybridized carbons (Fsp3) is 0.176. The molecule has 0 atom stereocenters. The number of anilines is 1. The predicted octanol–water partition coefficient (Wildman–Crippen LogP) is 2.66. The number of benzene rings is 2. The molecule has 23 heavy (non-hydrogen) atoms. The lowest BCUT2D eigenvalue weighted by Crippen LogP contribution is -2.34. The second-order valence-corrected chi connectivity index (χ2v) is 5.51. The number of nitrogens with zero attached hydrogens (tertiary/aromatic N) is 2. The Morgan fingerprint density at radius 3 is 2.74 bits per heavy atom. The first-order chi connectivity index (χ1) is 11.1. The Hall–Kier alpha value is -2.24. The molecule has 1 aliphatic heterocycles. The van der Waals surface area contributed by atoms with E-state index in [0.717, 1.165) is 0 Å². The average molecular weight is 333 g/mol. The Morgan fingerprint density at radius 2 is 2.00 bits per heavy atom. The van der Waals surface area contributed by atoms with Gasteiger partial charge in [-0.05, 0) is 30.3 Å². The van der Waals surface area contributed by atoms with E-state index in [-0.39, 0.29) is 25.6 Å². The molecule has 0 fully saturated rings. The molecule has 0 spiro atoms. The lowest BCUT2D eigenvalue weighted by atomic mass is 9.99. The fourth-order valence-corrected chi connectivity index (χ4v) is 2.79. The zero-order chi connectivity index (χ0) is 16.4. The summed E-state index contributed by atoms with van der Waals surface area (Å²) < 4.78 is 14.2. The lowest BCUT2D eigenvalue weighted by molar-refractivity contribution is -0.117. The minimum absolute atomic E-state index is 0.115. The molecule has 0 bridgehead atoms. The second-order valence-electron chi connectivity index (χ2n) is 5.08. The maximum absolute atomic E-state index is 14.2. The molecule has 4 nitrogen and oxygen atoms in total. The Balaban J connectivity index is 2.22. The molecule has 0 unspecified atom stereocenters. The monoisotopic (exact) mass is 332 g/mol. The van der Waals surface area contributed by atoms with Crippen LogP contribution in [0.1, 0.15) is 11.1 Å². The van der Waals surface area contributed by atoms with E-state index < -0.39 is 5.82 Å². The molecule has 6 heteroatoms. The highest BCUT2D eigenvalue weighted by molar-refractivity contribution is 6.32. The maximum Gasteiger partial charge on any atom is 0.248 e. The molecule has 3 rings (SSSR count). The summed E-state index contributed by atoms with van der Waals surface area (Å²) in [6.07, 6.45) is 0. The Bertz CT molecular complexity index is 792. The van der Waals surface area contributed by atoms with Crippen LogP contribution in [0.5, 0.6) is 0 Å². The number of aliphatic imine (C=N–C) groups is 1. The number of amides is 1. The van der Waals surface area contributed by atoms with Gasteiger partial charge in [0.05, 0.1) is 18.0 Å². The lowest BCUT2D eigenvalue weighted by Gasteiger charge is -2.22. The highest BCUT2D eigenvalue weighted by Gasteiger charge is 2.26. The van der Waals surface area contributed by atoms with Crippen LogP contribution >= 0.6 is 11.6 Å². The van der Waals surface area contributed by atoms with Gasteiger partial charge in [0.2, 0.25) is 5.91 Å². The van der Waals surface area contributed by atoms with Gasteiger partial charge in [0.1, 0.15) is 12.4 Å². The zero-order valence-corrected chi connectivity index (χ0v) is 12.9. The van der Waals surface area contributed by atoms with Crippen LogP contribution < -0.4 is 4.90 Å².